The molecule has 3 rings (SSSR count). The molecule has 134 valence electrons. The van der Waals surface area contributed by atoms with Gasteiger partial charge in [-0.3, -0.25) is 0 Å². The van der Waals surface area contributed by atoms with Gasteiger partial charge in [0.2, 0.25) is 8.67 Å². The Bertz CT molecular complexity index is 836. The zero-order chi connectivity index (χ0) is 17.8. The van der Waals surface area contributed by atoms with E-state index in [4.69, 9.17) is 8.39 Å². The Balaban J connectivity index is 2.33. The maximum absolute atomic E-state index is 6.12. The zero-order valence-electron chi connectivity index (χ0n) is 15.9. The van der Waals surface area contributed by atoms with Gasteiger partial charge < -0.3 is 8.39 Å². The molecule has 1 heterocycles. The van der Waals surface area contributed by atoms with Crippen LogP contribution in [0.5, 0.6) is 0 Å². The molecule has 0 aliphatic rings. The minimum atomic E-state index is 0.0253. The topological polar surface area (TPSA) is 26.3 Å². The smallest absolute Gasteiger partial charge is 0.201 e. The Morgan fingerprint density at radius 1 is 0.720 bits per heavy atom. The van der Waals surface area contributed by atoms with Crippen LogP contribution in [0, 0.1) is 13.8 Å². The maximum Gasteiger partial charge on any atom is 0.201 e. The normalized spacial score (nSPS) is 11.4. The van der Waals surface area contributed by atoms with Crippen LogP contribution < -0.4 is 0 Å². The van der Waals surface area contributed by atoms with E-state index < -0.39 is 0 Å². The SMILES string of the molecule is CCCCc1cc(C)cc2c1o[pH]oc1c(CCCC)cc(C)cc12. The molecular formula is C22H29O2P. The summed E-state index contributed by atoms with van der Waals surface area (Å²) >= 11 is 0. The van der Waals surface area contributed by atoms with Gasteiger partial charge >= 0.3 is 0 Å². The average molecular weight is 356 g/mol. The molecule has 0 amide bonds. The number of hydrogen-bond acceptors (Lipinski definition) is 2. The van der Waals surface area contributed by atoms with Crippen LogP contribution in [0.1, 0.15) is 61.8 Å². The Labute approximate surface area is 152 Å². The molecule has 0 unspecified atom stereocenters. The van der Waals surface area contributed by atoms with Crippen molar-refractivity contribution in [1.29, 1.82) is 0 Å². The molecule has 2 nitrogen and oxygen atoms in total. The van der Waals surface area contributed by atoms with Gasteiger partial charge in [-0.15, -0.1) is 0 Å². The number of fused-ring (bicyclic) bond motifs is 3. The molecule has 0 atom stereocenters. The molecule has 0 saturated heterocycles. The molecule has 0 saturated carbocycles. The lowest BCUT2D eigenvalue weighted by molar-refractivity contribution is 0.652. The average Bonchev–Trinajstić information content (AvgIpc) is 2.77. The van der Waals surface area contributed by atoms with Crippen molar-refractivity contribution in [1.82, 2.24) is 0 Å². The van der Waals surface area contributed by atoms with E-state index in [-0.39, 0.29) is 8.67 Å². The van der Waals surface area contributed by atoms with Crippen molar-refractivity contribution in [2.24, 2.45) is 0 Å². The summed E-state index contributed by atoms with van der Waals surface area (Å²) in [4.78, 5) is 0. The van der Waals surface area contributed by atoms with Gasteiger partial charge in [-0.05, 0) is 73.9 Å². The highest BCUT2D eigenvalue weighted by molar-refractivity contribution is 7.15. The van der Waals surface area contributed by atoms with Crippen molar-refractivity contribution in [3.63, 3.8) is 0 Å². The summed E-state index contributed by atoms with van der Waals surface area (Å²) in [5.41, 5.74) is 7.28. The maximum atomic E-state index is 6.12. The quantitative estimate of drug-likeness (QED) is 0.453. The molecule has 0 radical (unpaired) electrons. The number of benzene rings is 2. The molecule has 0 aliphatic carbocycles. The van der Waals surface area contributed by atoms with E-state index >= 15 is 0 Å². The lowest BCUT2D eigenvalue weighted by Gasteiger charge is -2.08. The first kappa shape index (κ1) is 18.1. The Hall–Kier alpha value is -1.66. The Morgan fingerprint density at radius 2 is 1.16 bits per heavy atom. The van der Waals surface area contributed by atoms with Gasteiger partial charge in [0.1, 0.15) is 11.2 Å². The van der Waals surface area contributed by atoms with Crippen LogP contribution in [-0.2, 0) is 12.8 Å². The predicted molar refractivity (Wildman–Crippen MR) is 110 cm³/mol. The van der Waals surface area contributed by atoms with E-state index in [0.29, 0.717) is 0 Å². The minimum Gasteiger partial charge on any atom is -0.421 e. The Kier molecular flexibility index (Phi) is 5.91. The molecule has 2 aromatic carbocycles. The monoisotopic (exact) mass is 356 g/mol. The molecule has 0 N–H and O–H groups in total. The second kappa shape index (κ2) is 8.15. The highest BCUT2D eigenvalue weighted by Gasteiger charge is 2.11. The molecule has 0 bridgehead atoms. The number of rotatable bonds is 6. The molecule has 25 heavy (non-hydrogen) atoms. The van der Waals surface area contributed by atoms with Crippen LogP contribution in [0.2, 0.25) is 0 Å². The molecule has 3 aromatic rings. The first-order chi connectivity index (χ1) is 12.1. The largest absolute Gasteiger partial charge is 0.421 e. The minimum absolute atomic E-state index is 0.0253. The first-order valence-electron chi connectivity index (χ1n) is 9.50. The van der Waals surface area contributed by atoms with Crippen molar-refractivity contribution in [3.8, 4) is 0 Å². The highest BCUT2D eigenvalue weighted by Crippen LogP contribution is 2.34. The van der Waals surface area contributed by atoms with Gasteiger partial charge in [-0.25, -0.2) is 0 Å². The van der Waals surface area contributed by atoms with Crippen LogP contribution in [0.15, 0.2) is 32.7 Å². The van der Waals surface area contributed by atoms with E-state index in [1.807, 2.05) is 0 Å². The van der Waals surface area contributed by atoms with Crippen molar-refractivity contribution in [2.75, 3.05) is 0 Å². The summed E-state index contributed by atoms with van der Waals surface area (Å²) in [6, 6.07) is 9.06. The van der Waals surface area contributed by atoms with Crippen molar-refractivity contribution in [3.05, 3.63) is 46.5 Å². The fraction of sp³-hybridized carbons (Fsp3) is 0.455. The third-order valence-electron chi connectivity index (χ3n) is 4.80. The lowest BCUT2D eigenvalue weighted by Crippen LogP contribution is -1.91. The summed E-state index contributed by atoms with van der Waals surface area (Å²) in [6.45, 7) is 8.83. The summed E-state index contributed by atoms with van der Waals surface area (Å²) in [7, 11) is 0.0253. The Morgan fingerprint density at radius 3 is 1.56 bits per heavy atom. The van der Waals surface area contributed by atoms with Crippen LogP contribution in [0.25, 0.3) is 21.9 Å². The fourth-order valence-electron chi connectivity index (χ4n) is 3.55. The van der Waals surface area contributed by atoms with Crippen LogP contribution in [-0.4, -0.2) is 0 Å². The molecule has 1 aromatic heterocycles. The van der Waals surface area contributed by atoms with Crippen LogP contribution in [0.3, 0.4) is 0 Å². The summed E-state index contributed by atoms with van der Waals surface area (Å²) in [5, 5.41) is 2.40. The van der Waals surface area contributed by atoms with Crippen LogP contribution >= 0.6 is 8.67 Å². The molecule has 0 spiro atoms. The number of unbranched alkanes of at least 4 members (excludes halogenated alkanes) is 2. The van der Waals surface area contributed by atoms with Gasteiger partial charge in [0, 0.05) is 10.8 Å². The summed E-state index contributed by atoms with van der Waals surface area (Å²) < 4.78 is 12.2. The second-order valence-corrected chi connectivity index (χ2v) is 7.67. The first-order valence-corrected chi connectivity index (χ1v) is 10.3. The standard InChI is InChI=1S/C22H29O2P/c1-5-7-9-17-11-15(3)13-19-20-14-16(4)12-18(10-8-6-2)22(20)24-25-23-21(17)19/h11-14,25H,5-10H2,1-4H3. The van der Waals surface area contributed by atoms with E-state index in [1.54, 1.807) is 0 Å². The van der Waals surface area contributed by atoms with Crippen molar-refractivity contribution in [2.45, 2.75) is 66.2 Å². The van der Waals surface area contributed by atoms with E-state index in [0.717, 1.165) is 24.0 Å². The molecule has 3 heteroatoms. The van der Waals surface area contributed by atoms with Gasteiger partial charge in [0.15, 0.2) is 0 Å². The third kappa shape index (κ3) is 3.96. The van der Waals surface area contributed by atoms with Crippen molar-refractivity contribution < 1.29 is 8.39 Å². The lowest BCUT2D eigenvalue weighted by atomic mass is 9.97. The van der Waals surface area contributed by atoms with E-state index in [2.05, 4.69) is 52.0 Å². The van der Waals surface area contributed by atoms with E-state index in [1.165, 1.54) is 58.7 Å². The zero-order valence-corrected chi connectivity index (χ0v) is 16.9. The molecule has 0 aliphatic heterocycles. The number of aryl methyl sites for hydroxylation is 4. The molecule has 0 fully saturated rings. The highest BCUT2D eigenvalue weighted by atomic mass is 31.1. The van der Waals surface area contributed by atoms with Gasteiger partial charge in [0.25, 0.3) is 0 Å². The predicted octanol–water partition coefficient (Wildman–Crippen LogP) is 7.64. The summed E-state index contributed by atoms with van der Waals surface area (Å²) in [6.07, 6.45) is 6.89. The van der Waals surface area contributed by atoms with Gasteiger partial charge in [-0.2, -0.15) is 0 Å². The van der Waals surface area contributed by atoms with Gasteiger partial charge in [0.05, 0.1) is 0 Å². The van der Waals surface area contributed by atoms with Gasteiger partial charge in [-0.1, -0.05) is 38.8 Å². The molecular weight excluding hydrogens is 327 g/mol. The number of hydrogen-bond donors (Lipinski definition) is 0. The van der Waals surface area contributed by atoms with Crippen molar-refractivity contribution >= 4 is 30.6 Å². The second-order valence-electron chi connectivity index (χ2n) is 7.10. The van der Waals surface area contributed by atoms with E-state index in [9.17, 15) is 0 Å². The van der Waals surface area contributed by atoms with Crippen LogP contribution in [0.4, 0.5) is 0 Å². The third-order valence-corrected chi connectivity index (χ3v) is 5.37. The summed E-state index contributed by atoms with van der Waals surface area (Å²) in [5.74, 6) is 0. The fourth-order valence-corrected chi connectivity index (χ4v) is 4.24.